The van der Waals surface area contributed by atoms with Gasteiger partial charge in [-0.05, 0) is 12.1 Å². The molecule has 20 heavy (non-hydrogen) atoms. The number of esters is 1. The van der Waals surface area contributed by atoms with Crippen LogP contribution in [0, 0.1) is 0 Å². The maximum atomic E-state index is 12.2. The van der Waals surface area contributed by atoms with E-state index >= 15 is 0 Å². The van der Waals surface area contributed by atoms with Gasteiger partial charge in [0, 0.05) is 12.4 Å². The lowest BCUT2D eigenvalue weighted by Gasteiger charge is -2.15. The highest BCUT2D eigenvalue weighted by molar-refractivity contribution is 6.35. The van der Waals surface area contributed by atoms with Gasteiger partial charge in [-0.15, -0.1) is 0 Å². The molecule has 0 radical (unpaired) electrons. The zero-order valence-corrected chi connectivity index (χ0v) is 11.8. The molecule has 1 amide bonds. The third-order valence-electron chi connectivity index (χ3n) is 2.83. The van der Waals surface area contributed by atoms with E-state index in [1.165, 1.54) is 25.1 Å². The summed E-state index contributed by atoms with van der Waals surface area (Å²) in [6.07, 6.45) is 0. The Bertz CT molecular complexity index is 673. The van der Waals surface area contributed by atoms with E-state index in [2.05, 4.69) is 9.72 Å². The fourth-order valence-corrected chi connectivity index (χ4v) is 2.03. The molecule has 0 saturated carbocycles. The van der Waals surface area contributed by atoms with Crippen molar-refractivity contribution in [3.63, 3.8) is 0 Å². The number of halogens is 1. The second kappa shape index (κ2) is 5.88. The second-order valence-corrected chi connectivity index (χ2v) is 4.65. The summed E-state index contributed by atoms with van der Waals surface area (Å²) < 4.78 is 4.52. The normalized spacial score (nSPS) is 10.3. The average molecular weight is 293 g/mol. The second-order valence-electron chi connectivity index (χ2n) is 4.24. The highest BCUT2D eigenvalue weighted by Crippen LogP contribution is 2.23. The number of fused-ring (bicyclic) bond motifs is 1. The van der Waals surface area contributed by atoms with Gasteiger partial charge < -0.3 is 9.64 Å². The van der Waals surface area contributed by atoms with Crippen molar-refractivity contribution in [2.24, 2.45) is 0 Å². The van der Waals surface area contributed by atoms with E-state index < -0.39 is 5.97 Å². The van der Waals surface area contributed by atoms with Crippen LogP contribution >= 0.6 is 11.6 Å². The minimum Gasteiger partial charge on any atom is -0.468 e. The van der Waals surface area contributed by atoms with Crippen LogP contribution in [0.2, 0.25) is 5.02 Å². The van der Waals surface area contributed by atoms with Gasteiger partial charge in [0.25, 0.3) is 5.91 Å². The van der Waals surface area contributed by atoms with Gasteiger partial charge in [0.2, 0.25) is 0 Å². The summed E-state index contributed by atoms with van der Waals surface area (Å²) >= 11 is 6.14. The third-order valence-corrected chi connectivity index (χ3v) is 3.14. The van der Waals surface area contributed by atoms with Gasteiger partial charge in [0.05, 0.1) is 17.6 Å². The molecule has 2 rings (SSSR count). The van der Waals surface area contributed by atoms with Crippen molar-refractivity contribution in [2.45, 2.75) is 0 Å². The maximum absolute atomic E-state index is 12.2. The van der Waals surface area contributed by atoms with Gasteiger partial charge in [0.15, 0.2) is 0 Å². The minimum atomic E-state index is -0.493. The fourth-order valence-electron chi connectivity index (χ4n) is 1.77. The number of ether oxygens (including phenoxy) is 1. The molecule has 0 aliphatic carbocycles. The van der Waals surface area contributed by atoms with Crippen molar-refractivity contribution in [2.75, 3.05) is 20.7 Å². The van der Waals surface area contributed by atoms with Crippen LogP contribution in [0.25, 0.3) is 10.9 Å². The molecule has 0 bridgehead atoms. The summed E-state index contributed by atoms with van der Waals surface area (Å²) in [7, 11) is 2.77. The summed E-state index contributed by atoms with van der Waals surface area (Å²) in [5, 5.41) is 1.23. The number of hydrogen-bond acceptors (Lipinski definition) is 4. The van der Waals surface area contributed by atoms with Crippen molar-refractivity contribution in [1.29, 1.82) is 0 Å². The summed E-state index contributed by atoms with van der Waals surface area (Å²) in [6, 6.07) is 8.77. The van der Waals surface area contributed by atoms with E-state index in [-0.39, 0.29) is 18.1 Å². The number of likely N-dealkylation sites (N-methyl/N-ethyl adjacent to an activating group) is 1. The first kappa shape index (κ1) is 14.3. The number of amides is 1. The van der Waals surface area contributed by atoms with Gasteiger partial charge >= 0.3 is 5.97 Å². The summed E-state index contributed by atoms with van der Waals surface area (Å²) in [4.78, 5) is 28.9. The van der Waals surface area contributed by atoms with E-state index in [0.29, 0.717) is 10.5 Å². The summed E-state index contributed by atoms with van der Waals surface area (Å²) in [5.41, 5.74) is 0.829. The Morgan fingerprint density at radius 2 is 2.05 bits per heavy atom. The fraction of sp³-hybridized carbons (Fsp3) is 0.214. The molecule has 1 aromatic heterocycles. The quantitative estimate of drug-likeness (QED) is 0.813. The predicted octanol–water partition coefficient (Wildman–Crippen LogP) is 2.13. The largest absolute Gasteiger partial charge is 0.468 e. The zero-order chi connectivity index (χ0) is 14.7. The van der Waals surface area contributed by atoms with Crippen LogP contribution < -0.4 is 0 Å². The lowest BCUT2D eigenvalue weighted by molar-refractivity contribution is -0.141. The van der Waals surface area contributed by atoms with Crippen molar-refractivity contribution in [3.05, 3.63) is 41.0 Å². The number of rotatable bonds is 3. The highest BCUT2D eigenvalue weighted by Gasteiger charge is 2.18. The van der Waals surface area contributed by atoms with E-state index in [4.69, 9.17) is 11.6 Å². The summed E-state index contributed by atoms with van der Waals surface area (Å²) in [5.74, 6) is -0.879. The Balaban J connectivity index is 2.33. The van der Waals surface area contributed by atoms with E-state index in [0.717, 1.165) is 5.39 Å². The first-order chi connectivity index (χ1) is 9.52. The molecule has 0 spiro atoms. The predicted molar refractivity (Wildman–Crippen MR) is 75.7 cm³/mol. The lowest BCUT2D eigenvalue weighted by Crippen LogP contribution is -2.33. The van der Waals surface area contributed by atoms with Crippen LogP contribution in [0.5, 0.6) is 0 Å². The Morgan fingerprint density at radius 1 is 1.35 bits per heavy atom. The van der Waals surface area contributed by atoms with Crippen molar-refractivity contribution < 1.29 is 14.3 Å². The first-order valence-electron chi connectivity index (χ1n) is 5.90. The monoisotopic (exact) mass is 292 g/mol. The molecule has 6 heteroatoms. The molecule has 0 fully saturated rings. The number of benzene rings is 1. The number of hydrogen-bond donors (Lipinski definition) is 0. The number of para-hydroxylation sites is 1. The number of carbonyl (C=O) groups is 2. The number of carbonyl (C=O) groups excluding carboxylic acids is 2. The molecule has 0 unspecified atom stereocenters. The maximum Gasteiger partial charge on any atom is 0.325 e. The van der Waals surface area contributed by atoms with Crippen molar-refractivity contribution in [3.8, 4) is 0 Å². The topological polar surface area (TPSA) is 59.5 Å². The Morgan fingerprint density at radius 3 is 2.75 bits per heavy atom. The minimum absolute atomic E-state index is 0.137. The zero-order valence-electron chi connectivity index (χ0n) is 11.1. The van der Waals surface area contributed by atoms with Gasteiger partial charge in [-0.3, -0.25) is 9.59 Å². The number of aromatic nitrogens is 1. The molecule has 0 saturated heterocycles. The molecule has 0 N–H and O–H groups in total. The molecule has 1 heterocycles. The van der Waals surface area contributed by atoms with Gasteiger partial charge in [0.1, 0.15) is 12.2 Å². The SMILES string of the molecule is COC(=O)CN(C)C(=O)c1cc(Cl)c2ccccc2n1. The standard InChI is InChI=1S/C14H13ClN2O3/c1-17(8-13(18)20-2)14(19)12-7-10(15)9-5-3-4-6-11(9)16-12/h3-7H,8H2,1-2H3. The molecular formula is C14H13ClN2O3. The molecular weight excluding hydrogens is 280 g/mol. The van der Waals surface area contributed by atoms with E-state index in [1.807, 2.05) is 18.2 Å². The van der Waals surface area contributed by atoms with E-state index in [1.54, 1.807) is 6.07 Å². The van der Waals surface area contributed by atoms with Gasteiger partial charge in [-0.25, -0.2) is 4.98 Å². The average Bonchev–Trinajstić information content (AvgIpc) is 2.46. The van der Waals surface area contributed by atoms with Crippen LogP contribution in [-0.2, 0) is 9.53 Å². The highest BCUT2D eigenvalue weighted by atomic mass is 35.5. The van der Waals surface area contributed by atoms with Crippen LogP contribution in [-0.4, -0.2) is 42.5 Å². The third kappa shape index (κ3) is 2.88. The number of nitrogens with zero attached hydrogens (tertiary/aromatic N) is 2. The van der Waals surface area contributed by atoms with Crippen molar-refractivity contribution >= 4 is 34.4 Å². The number of methoxy groups -OCH3 is 1. The smallest absolute Gasteiger partial charge is 0.325 e. The molecule has 5 nitrogen and oxygen atoms in total. The molecule has 0 atom stereocenters. The van der Waals surface area contributed by atoms with Gasteiger partial charge in [-0.2, -0.15) is 0 Å². The Hall–Kier alpha value is -2.14. The summed E-state index contributed by atoms with van der Waals surface area (Å²) in [6.45, 7) is -0.137. The van der Waals surface area contributed by atoms with Crippen LogP contribution in [0.15, 0.2) is 30.3 Å². The first-order valence-corrected chi connectivity index (χ1v) is 6.28. The molecule has 0 aliphatic heterocycles. The van der Waals surface area contributed by atoms with Crippen LogP contribution in [0.4, 0.5) is 0 Å². The molecule has 0 aliphatic rings. The Kier molecular flexibility index (Phi) is 4.20. The molecule has 104 valence electrons. The van der Waals surface area contributed by atoms with Gasteiger partial charge in [-0.1, -0.05) is 29.8 Å². The van der Waals surface area contributed by atoms with Crippen LogP contribution in [0.1, 0.15) is 10.5 Å². The molecule has 1 aromatic carbocycles. The van der Waals surface area contributed by atoms with Crippen molar-refractivity contribution in [1.82, 2.24) is 9.88 Å². The Labute approximate surface area is 121 Å². The van der Waals surface area contributed by atoms with Crippen LogP contribution in [0.3, 0.4) is 0 Å². The molecule has 2 aromatic rings. The number of pyridine rings is 1. The lowest BCUT2D eigenvalue weighted by atomic mass is 10.2. The van der Waals surface area contributed by atoms with E-state index in [9.17, 15) is 9.59 Å².